The summed E-state index contributed by atoms with van der Waals surface area (Å²) in [4.78, 5) is 0. The van der Waals surface area contributed by atoms with Gasteiger partial charge in [-0.05, 0) is 78.5 Å². The van der Waals surface area contributed by atoms with Crippen LogP contribution in [0.4, 0.5) is 0 Å². The van der Waals surface area contributed by atoms with Crippen molar-refractivity contribution >= 4 is 13.7 Å². The molecule has 3 aliphatic rings. The van der Waals surface area contributed by atoms with Crippen LogP contribution < -0.4 is 18.8 Å². The minimum absolute atomic E-state index is 0.0440. The zero-order valence-corrected chi connectivity index (χ0v) is 40.3. The Morgan fingerprint density at radius 3 is 1.17 bits per heavy atom. The molecule has 7 heteroatoms. The molecule has 0 aromatic heterocycles. The molecule has 0 radical (unpaired) electrons. The van der Waals surface area contributed by atoms with Gasteiger partial charge < -0.3 is 13.6 Å². The van der Waals surface area contributed by atoms with Crippen LogP contribution in [-0.4, -0.2) is 8.56 Å². The second-order valence-electron chi connectivity index (χ2n) is 23.7. The molecule has 312 valence electrons. The second kappa shape index (κ2) is 13.0. The van der Waals surface area contributed by atoms with Crippen LogP contribution in [0.1, 0.15) is 197 Å². The Labute approximate surface area is 360 Å². The van der Waals surface area contributed by atoms with Crippen LogP contribution in [0.15, 0.2) is 48.5 Å². The van der Waals surface area contributed by atoms with Crippen molar-refractivity contribution in [1.29, 1.82) is 15.8 Å². The Bertz CT molecular complexity index is 2510. The largest absolute Gasteiger partial charge is 0.547 e. The normalized spacial score (nSPS) is 20.8. The molecule has 0 aliphatic carbocycles. The minimum atomic E-state index is -4.21. The van der Waals surface area contributed by atoms with Crippen LogP contribution in [0.5, 0.6) is 17.2 Å². The summed E-state index contributed by atoms with van der Waals surface area (Å²) in [6.45, 7) is 40.3. The van der Waals surface area contributed by atoms with E-state index in [2.05, 4.69) is 179 Å². The van der Waals surface area contributed by atoms with Gasteiger partial charge in [0.05, 0.1) is 22.6 Å². The van der Waals surface area contributed by atoms with Gasteiger partial charge in [-0.1, -0.05) is 155 Å². The van der Waals surface area contributed by atoms with Gasteiger partial charge >= 0.3 is 8.56 Å². The van der Waals surface area contributed by atoms with E-state index < -0.39 is 19.7 Å². The molecular formula is C53H63N3O3Si. The third-order valence-corrected chi connectivity index (χ3v) is 16.6. The Morgan fingerprint density at radius 1 is 0.467 bits per heavy atom. The summed E-state index contributed by atoms with van der Waals surface area (Å²) in [5.41, 5.74) is 8.63. The minimum Gasteiger partial charge on any atom is -0.506 e. The average molecular weight is 818 g/mol. The molecule has 0 amide bonds. The van der Waals surface area contributed by atoms with Crippen LogP contribution >= 0.6 is 0 Å². The smallest absolute Gasteiger partial charge is 0.506 e. The topological polar surface area (TPSA) is 99.1 Å². The molecule has 60 heavy (non-hydrogen) atoms. The first kappa shape index (κ1) is 43.1. The molecule has 1 atom stereocenters. The average Bonchev–Trinajstić information content (AvgIpc) is 3.09. The van der Waals surface area contributed by atoms with Crippen molar-refractivity contribution in [2.75, 3.05) is 0 Å². The van der Waals surface area contributed by atoms with E-state index in [9.17, 15) is 15.8 Å². The first-order valence-corrected chi connectivity index (χ1v) is 23.2. The third-order valence-electron chi connectivity index (χ3n) is 12.9. The van der Waals surface area contributed by atoms with Crippen LogP contribution in [-0.2, 0) is 37.7 Å². The molecule has 1 spiro atoms. The highest BCUT2D eigenvalue weighted by atomic mass is 28.4. The summed E-state index contributed by atoms with van der Waals surface area (Å²) in [6.07, 6.45) is 0. The van der Waals surface area contributed by atoms with Gasteiger partial charge in [-0.3, -0.25) is 0 Å². The SMILES string of the molecule is CC(C)(C)c1cc2c(c(C(C)(C)C)c1)O[Si]1(c3cc(C#N)c(C#N)c(C#N)c3)Oc3c(cc(C(C)(C)C)cc3C(C)(C)C)C2C12Oc1c(C(C)(C)C)cc(C(C)(C)C)cc12. The molecule has 2 bridgehead atoms. The van der Waals surface area contributed by atoms with E-state index in [4.69, 9.17) is 13.6 Å². The van der Waals surface area contributed by atoms with Crippen LogP contribution in [0.2, 0.25) is 0 Å². The Balaban J connectivity index is 1.81. The lowest BCUT2D eigenvalue weighted by Gasteiger charge is -2.62. The quantitative estimate of drug-likeness (QED) is 0.177. The van der Waals surface area contributed by atoms with Gasteiger partial charge in [-0.15, -0.1) is 0 Å². The van der Waals surface area contributed by atoms with Gasteiger partial charge in [-0.2, -0.15) is 15.8 Å². The molecule has 1 unspecified atom stereocenters. The number of fused-ring (bicyclic) bond motifs is 5. The van der Waals surface area contributed by atoms with Gasteiger partial charge in [0.15, 0.2) is 0 Å². The fraction of sp³-hybridized carbons (Fsp3) is 0.491. The molecule has 4 aromatic carbocycles. The van der Waals surface area contributed by atoms with Gasteiger partial charge in [-0.25, -0.2) is 0 Å². The second-order valence-corrected chi connectivity index (χ2v) is 26.6. The Morgan fingerprint density at radius 2 is 0.833 bits per heavy atom. The maximum atomic E-state index is 10.6. The van der Waals surface area contributed by atoms with Crippen molar-refractivity contribution in [3.05, 3.63) is 115 Å². The third kappa shape index (κ3) is 6.28. The number of rotatable bonds is 1. The summed E-state index contributed by atoms with van der Waals surface area (Å²) in [6, 6.07) is 24.1. The zero-order valence-electron chi connectivity index (χ0n) is 39.3. The number of benzene rings is 4. The predicted octanol–water partition coefficient (Wildman–Crippen LogP) is 12.2. The standard InChI is InChI=1S/C53H63N3O3Si/c1-47(2,3)32-21-36-43-37-22-33(48(4,5)6)24-40(51(13,14)15)45(37)59-60(58-44(36)39(23-32)50(10,11)12,35-19-30(27-54)38(29-56)31(20-35)28-55)53(43)42-26-34(49(7,8)9)25-41(46(42)57-53)52(16,17)18/h19-26,43H,1-18H3. The molecule has 0 N–H and O–H groups in total. The van der Waals surface area contributed by atoms with E-state index in [1.807, 2.05) is 0 Å². The Kier molecular flexibility index (Phi) is 9.32. The molecule has 0 saturated heterocycles. The van der Waals surface area contributed by atoms with Crippen molar-refractivity contribution in [3.63, 3.8) is 0 Å². The highest BCUT2D eigenvalue weighted by Crippen LogP contribution is 2.69. The number of hydrogen-bond acceptors (Lipinski definition) is 6. The van der Waals surface area contributed by atoms with E-state index in [0.29, 0.717) is 5.19 Å². The summed E-state index contributed by atoms with van der Waals surface area (Å²) in [5.74, 6) is 1.95. The molecule has 3 aliphatic heterocycles. The zero-order chi connectivity index (χ0) is 44.7. The lowest BCUT2D eigenvalue weighted by Crippen LogP contribution is -2.82. The number of hydrogen-bond donors (Lipinski definition) is 0. The summed E-state index contributed by atoms with van der Waals surface area (Å²) in [5, 5.41) is 31.0. The van der Waals surface area contributed by atoms with Crippen LogP contribution in [0, 0.1) is 34.0 Å². The van der Waals surface area contributed by atoms with Gasteiger partial charge in [0.25, 0.3) is 0 Å². The molecule has 7 rings (SSSR count). The van der Waals surface area contributed by atoms with Crippen molar-refractivity contribution in [2.24, 2.45) is 0 Å². The molecular weight excluding hydrogens is 755 g/mol. The lowest BCUT2D eigenvalue weighted by molar-refractivity contribution is 0.0184. The van der Waals surface area contributed by atoms with E-state index in [0.717, 1.165) is 50.6 Å². The van der Waals surface area contributed by atoms with Gasteiger partial charge in [0.2, 0.25) is 5.22 Å². The van der Waals surface area contributed by atoms with Crippen LogP contribution in [0.3, 0.4) is 0 Å². The molecule has 4 aromatic rings. The summed E-state index contributed by atoms with van der Waals surface area (Å²) < 4.78 is 23.7. The first-order valence-electron chi connectivity index (χ1n) is 21.4. The van der Waals surface area contributed by atoms with E-state index in [1.165, 1.54) is 16.7 Å². The first-order chi connectivity index (χ1) is 27.3. The number of nitriles is 3. The van der Waals surface area contributed by atoms with Gasteiger partial charge in [0.1, 0.15) is 35.5 Å². The van der Waals surface area contributed by atoms with E-state index in [1.54, 1.807) is 12.1 Å². The number of ether oxygens (including phenoxy) is 1. The highest BCUT2D eigenvalue weighted by Gasteiger charge is 2.80. The van der Waals surface area contributed by atoms with E-state index >= 15 is 0 Å². The van der Waals surface area contributed by atoms with Crippen molar-refractivity contribution in [1.82, 2.24) is 0 Å². The number of nitrogens with zero attached hydrogens (tertiary/aromatic N) is 3. The van der Waals surface area contributed by atoms with E-state index in [-0.39, 0.29) is 49.2 Å². The van der Waals surface area contributed by atoms with Crippen molar-refractivity contribution in [2.45, 2.75) is 168 Å². The molecule has 3 heterocycles. The molecule has 0 fully saturated rings. The van der Waals surface area contributed by atoms with Crippen molar-refractivity contribution in [3.8, 4) is 35.5 Å². The highest BCUT2D eigenvalue weighted by molar-refractivity contribution is 6.85. The predicted molar refractivity (Wildman–Crippen MR) is 243 cm³/mol. The fourth-order valence-corrected chi connectivity index (χ4v) is 13.5. The summed E-state index contributed by atoms with van der Waals surface area (Å²) in [7, 11) is -4.21. The molecule has 6 nitrogen and oxygen atoms in total. The summed E-state index contributed by atoms with van der Waals surface area (Å²) >= 11 is 0. The van der Waals surface area contributed by atoms with Crippen LogP contribution in [0.25, 0.3) is 0 Å². The Hall–Kier alpha value is -5.03. The van der Waals surface area contributed by atoms with Gasteiger partial charge in [0, 0.05) is 27.4 Å². The maximum absolute atomic E-state index is 10.6. The van der Waals surface area contributed by atoms with Crippen molar-refractivity contribution < 1.29 is 13.6 Å². The lowest BCUT2D eigenvalue weighted by atomic mass is 9.69. The maximum Gasteiger partial charge on any atom is 0.547 e. The fourth-order valence-electron chi connectivity index (χ4n) is 9.29. The monoisotopic (exact) mass is 817 g/mol. The molecule has 0 saturated carbocycles.